The van der Waals surface area contributed by atoms with Gasteiger partial charge in [-0.3, -0.25) is 4.79 Å². The van der Waals surface area contributed by atoms with Gasteiger partial charge in [-0.2, -0.15) is 0 Å². The fourth-order valence-corrected chi connectivity index (χ4v) is 1.73. The molecule has 1 atom stereocenters. The van der Waals surface area contributed by atoms with Crippen LogP contribution in [0.25, 0.3) is 0 Å². The van der Waals surface area contributed by atoms with Crippen molar-refractivity contribution < 1.29 is 9.18 Å². The van der Waals surface area contributed by atoms with E-state index in [1.165, 1.54) is 12.1 Å². The van der Waals surface area contributed by atoms with Crippen molar-refractivity contribution in [2.45, 2.75) is 32.7 Å². The SMILES string of the molecule is CCC(C)N(C)CCc1cc(F)ccc1C=O. The summed E-state index contributed by atoms with van der Waals surface area (Å²) in [6.07, 6.45) is 2.57. The van der Waals surface area contributed by atoms with Crippen molar-refractivity contribution in [2.75, 3.05) is 13.6 Å². The maximum absolute atomic E-state index is 13.1. The van der Waals surface area contributed by atoms with Gasteiger partial charge in [0.2, 0.25) is 0 Å². The molecule has 0 radical (unpaired) electrons. The summed E-state index contributed by atoms with van der Waals surface area (Å²) in [4.78, 5) is 13.1. The number of benzene rings is 1. The second kappa shape index (κ2) is 6.50. The molecule has 0 heterocycles. The molecule has 3 heteroatoms. The van der Waals surface area contributed by atoms with E-state index in [0.29, 0.717) is 18.0 Å². The largest absolute Gasteiger partial charge is 0.303 e. The topological polar surface area (TPSA) is 20.3 Å². The molecular formula is C14H20FNO. The van der Waals surface area contributed by atoms with Gasteiger partial charge in [0, 0.05) is 18.2 Å². The Morgan fingerprint density at radius 1 is 1.47 bits per heavy atom. The molecule has 2 nitrogen and oxygen atoms in total. The molecule has 1 rings (SSSR count). The molecule has 0 aliphatic rings. The van der Waals surface area contributed by atoms with E-state index >= 15 is 0 Å². The first-order chi connectivity index (χ1) is 8.08. The minimum absolute atomic E-state index is 0.281. The predicted molar refractivity (Wildman–Crippen MR) is 67.9 cm³/mol. The van der Waals surface area contributed by atoms with E-state index in [-0.39, 0.29) is 5.82 Å². The maximum atomic E-state index is 13.1. The molecular weight excluding hydrogens is 217 g/mol. The van der Waals surface area contributed by atoms with E-state index < -0.39 is 0 Å². The van der Waals surface area contributed by atoms with Crippen LogP contribution >= 0.6 is 0 Å². The number of aldehydes is 1. The molecule has 0 aromatic heterocycles. The zero-order valence-corrected chi connectivity index (χ0v) is 10.7. The van der Waals surface area contributed by atoms with Crippen molar-refractivity contribution in [3.8, 4) is 0 Å². The Morgan fingerprint density at radius 3 is 2.76 bits per heavy atom. The summed E-state index contributed by atoms with van der Waals surface area (Å²) in [6, 6.07) is 4.82. The van der Waals surface area contributed by atoms with E-state index in [1.54, 1.807) is 6.07 Å². The smallest absolute Gasteiger partial charge is 0.150 e. The zero-order chi connectivity index (χ0) is 12.8. The first kappa shape index (κ1) is 13.8. The number of carbonyl (C=O) groups excluding carboxylic acids is 1. The number of rotatable bonds is 6. The highest BCUT2D eigenvalue weighted by Crippen LogP contribution is 2.11. The standard InChI is InChI=1S/C14H20FNO/c1-4-11(2)16(3)8-7-12-9-14(15)6-5-13(12)10-17/h5-6,9-11H,4,7-8H2,1-3H3. The summed E-state index contributed by atoms with van der Waals surface area (Å²) in [5, 5.41) is 0. The molecule has 1 aromatic rings. The lowest BCUT2D eigenvalue weighted by Crippen LogP contribution is -2.30. The van der Waals surface area contributed by atoms with Gasteiger partial charge in [-0.15, -0.1) is 0 Å². The molecule has 0 N–H and O–H groups in total. The van der Waals surface area contributed by atoms with Gasteiger partial charge in [0.1, 0.15) is 12.1 Å². The summed E-state index contributed by atoms with van der Waals surface area (Å²) in [5.74, 6) is -0.281. The van der Waals surface area contributed by atoms with Crippen LogP contribution in [0.4, 0.5) is 4.39 Å². The highest BCUT2D eigenvalue weighted by atomic mass is 19.1. The van der Waals surface area contributed by atoms with Crippen molar-refractivity contribution in [2.24, 2.45) is 0 Å². The average molecular weight is 237 g/mol. The van der Waals surface area contributed by atoms with Crippen molar-refractivity contribution >= 4 is 6.29 Å². The maximum Gasteiger partial charge on any atom is 0.150 e. The highest BCUT2D eigenvalue weighted by molar-refractivity contribution is 5.77. The third kappa shape index (κ3) is 3.93. The Bertz CT molecular complexity index is 378. The number of likely N-dealkylation sites (N-methyl/N-ethyl adjacent to an activating group) is 1. The van der Waals surface area contributed by atoms with E-state index in [4.69, 9.17) is 0 Å². The van der Waals surface area contributed by atoms with E-state index in [0.717, 1.165) is 24.8 Å². The molecule has 0 saturated carbocycles. The summed E-state index contributed by atoms with van der Waals surface area (Å²) in [6.45, 7) is 5.13. The number of nitrogens with zero attached hydrogens (tertiary/aromatic N) is 1. The van der Waals surface area contributed by atoms with Crippen LogP contribution in [0.5, 0.6) is 0 Å². The van der Waals surface area contributed by atoms with Gasteiger partial charge in [-0.25, -0.2) is 4.39 Å². The van der Waals surface area contributed by atoms with Crippen LogP contribution < -0.4 is 0 Å². The summed E-state index contributed by atoms with van der Waals surface area (Å²) < 4.78 is 13.1. The van der Waals surface area contributed by atoms with Gasteiger partial charge in [-0.05, 0) is 50.6 Å². The monoisotopic (exact) mass is 237 g/mol. The van der Waals surface area contributed by atoms with Crippen LogP contribution in [0.1, 0.15) is 36.2 Å². The Labute approximate surface area is 102 Å². The fraction of sp³-hybridized carbons (Fsp3) is 0.500. The fourth-order valence-electron chi connectivity index (χ4n) is 1.73. The first-order valence-corrected chi connectivity index (χ1v) is 6.02. The molecule has 0 aliphatic heterocycles. The molecule has 1 aromatic carbocycles. The van der Waals surface area contributed by atoms with E-state index in [1.807, 2.05) is 7.05 Å². The third-order valence-corrected chi connectivity index (χ3v) is 3.31. The minimum atomic E-state index is -0.281. The van der Waals surface area contributed by atoms with Gasteiger partial charge < -0.3 is 4.90 Å². The van der Waals surface area contributed by atoms with Crippen molar-refractivity contribution in [1.82, 2.24) is 4.90 Å². The van der Waals surface area contributed by atoms with Crippen LogP contribution in [0.3, 0.4) is 0 Å². The third-order valence-electron chi connectivity index (χ3n) is 3.31. The summed E-state index contributed by atoms with van der Waals surface area (Å²) in [5.41, 5.74) is 1.37. The molecule has 0 spiro atoms. The molecule has 17 heavy (non-hydrogen) atoms. The van der Waals surface area contributed by atoms with Crippen molar-refractivity contribution in [3.05, 3.63) is 35.1 Å². The van der Waals surface area contributed by atoms with Gasteiger partial charge in [0.05, 0.1) is 0 Å². The molecule has 1 unspecified atom stereocenters. The minimum Gasteiger partial charge on any atom is -0.303 e. The van der Waals surface area contributed by atoms with Gasteiger partial charge in [0.15, 0.2) is 0 Å². The normalized spacial score (nSPS) is 12.8. The molecule has 0 saturated heterocycles. The van der Waals surface area contributed by atoms with E-state index in [2.05, 4.69) is 18.7 Å². The Morgan fingerprint density at radius 2 is 2.18 bits per heavy atom. The lowest BCUT2D eigenvalue weighted by atomic mass is 10.0. The quantitative estimate of drug-likeness (QED) is 0.709. The summed E-state index contributed by atoms with van der Waals surface area (Å²) in [7, 11) is 2.05. The van der Waals surface area contributed by atoms with Crippen LogP contribution in [-0.4, -0.2) is 30.8 Å². The Hall–Kier alpha value is -1.22. The number of halogens is 1. The van der Waals surface area contributed by atoms with Crippen molar-refractivity contribution in [3.63, 3.8) is 0 Å². The second-order valence-corrected chi connectivity index (χ2v) is 4.45. The van der Waals surface area contributed by atoms with Gasteiger partial charge in [0.25, 0.3) is 0 Å². The molecule has 0 fully saturated rings. The average Bonchev–Trinajstić information content (AvgIpc) is 2.35. The number of hydrogen-bond donors (Lipinski definition) is 0. The molecule has 0 aliphatic carbocycles. The van der Waals surface area contributed by atoms with Gasteiger partial charge >= 0.3 is 0 Å². The zero-order valence-electron chi connectivity index (χ0n) is 10.7. The lowest BCUT2D eigenvalue weighted by Gasteiger charge is -2.23. The number of carbonyl (C=O) groups is 1. The highest BCUT2D eigenvalue weighted by Gasteiger charge is 2.09. The Kier molecular flexibility index (Phi) is 5.29. The summed E-state index contributed by atoms with van der Waals surface area (Å²) >= 11 is 0. The predicted octanol–water partition coefficient (Wildman–Crippen LogP) is 2.91. The molecule has 0 amide bonds. The lowest BCUT2D eigenvalue weighted by molar-refractivity contribution is 0.112. The van der Waals surface area contributed by atoms with Crippen molar-refractivity contribution in [1.29, 1.82) is 0 Å². The van der Waals surface area contributed by atoms with Crippen LogP contribution in [0.2, 0.25) is 0 Å². The molecule has 94 valence electrons. The van der Waals surface area contributed by atoms with Crippen LogP contribution in [0.15, 0.2) is 18.2 Å². The van der Waals surface area contributed by atoms with Crippen LogP contribution in [-0.2, 0) is 6.42 Å². The Balaban J connectivity index is 2.68. The van der Waals surface area contributed by atoms with Crippen LogP contribution in [0, 0.1) is 5.82 Å². The van der Waals surface area contributed by atoms with E-state index in [9.17, 15) is 9.18 Å². The molecule has 0 bridgehead atoms. The second-order valence-electron chi connectivity index (χ2n) is 4.45. The number of hydrogen-bond acceptors (Lipinski definition) is 2. The first-order valence-electron chi connectivity index (χ1n) is 6.02. The van der Waals surface area contributed by atoms with Gasteiger partial charge in [-0.1, -0.05) is 6.92 Å².